The summed E-state index contributed by atoms with van der Waals surface area (Å²) in [6.45, 7) is 5.58. The zero-order valence-electron chi connectivity index (χ0n) is 14.6. The number of hydrogen-bond donors (Lipinski definition) is 1. The van der Waals surface area contributed by atoms with E-state index in [1.54, 1.807) is 0 Å². The SMILES string of the molecule is Cc1ccc(-c2ccc(SCC(=O)NCC3CCCO3)nn2)cc1C. The van der Waals surface area contributed by atoms with Gasteiger partial charge in [0.05, 0.1) is 17.6 Å². The average Bonchev–Trinajstić information content (AvgIpc) is 3.14. The van der Waals surface area contributed by atoms with Gasteiger partial charge >= 0.3 is 0 Å². The minimum atomic E-state index is 0.000496. The molecule has 0 radical (unpaired) electrons. The van der Waals surface area contributed by atoms with Crippen molar-refractivity contribution in [3.8, 4) is 11.3 Å². The van der Waals surface area contributed by atoms with Crippen LogP contribution >= 0.6 is 11.8 Å². The van der Waals surface area contributed by atoms with Crippen LogP contribution in [-0.4, -0.2) is 41.1 Å². The number of ether oxygens (including phenoxy) is 1. The van der Waals surface area contributed by atoms with E-state index in [4.69, 9.17) is 4.74 Å². The highest BCUT2D eigenvalue weighted by atomic mass is 32.2. The number of aromatic nitrogens is 2. The summed E-state index contributed by atoms with van der Waals surface area (Å²) in [4.78, 5) is 11.9. The van der Waals surface area contributed by atoms with Crippen molar-refractivity contribution in [2.24, 2.45) is 0 Å². The fourth-order valence-corrected chi connectivity index (χ4v) is 3.32. The Morgan fingerprint density at radius 1 is 1.24 bits per heavy atom. The topological polar surface area (TPSA) is 64.1 Å². The van der Waals surface area contributed by atoms with Gasteiger partial charge in [-0.1, -0.05) is 23.9 Å². The van der Waals surface area contributed by atoms with Crippen molar-refractivity contribution < 1.29 is 9.53 Å². The Labute approximate surface area is 152 Å². The fraction of sp³-hybridized carbons (Fsp3) is 0.421. The summed E-state index contributed by atoms with van der Waals surface area (Å²) in [5.41, 5.74) is 4.40. The molecule has 1 aliphatic heterocycles. The third kappa shape index (κ3) is 5.03. The molecule has 1 saturated heterocycles. The third-order valence-corrected chi connectivity index (χ3v) is 5.26. The first-order chi connectivity index (χ1) is 12.1. The molecule has 3 rings (SSSR count). The number of nitrogens with zero attached hydrogens (tertiary/aromatic N) is 2. The number of hydrogen-bond acceptors (Lipinski definition) is 5. The minimum Gasteiger partial charge on any atom is -0.376 e. The molecule has 132 valence electrons. The highest BCUT2D eigenvalue weighted by Gasteiger charge is 2.16. The zero-order chi connectivity index (χ0) is 17.6. The minimum absolute atomic E-state index is 0.000496. The first-order valence-electron chi connectivity index (χ1n) is 8.54. The van der Waals surface area contributed by atoms with Crippen molar-refractivity contribution in [3.63, 3.8) is 0 Å². The van der Waals surface area contributed by atoms with Gasteiger partial charge in [0.2, 0.25) is 5.91 Å². The second-order valence-electron chi connectivity index (χ2n) is 6.28. The van der Waals surface area contributed by atoms with Crippen LogP contribution in [-0.2, 0) is 9.53 Å². The quantitative estimate of drug-likeness (QED) is 0.805. The number of amides is 1. The summed E-state index contributed by atoms with van der Waals surface area (Å²) in [5, 5.41) is 12.2. The number of carbonyl (C=O) groups excluding carboxylic acids is 1. The van der Waals surface area contributed by atoms with Gasteiger partial charge in [-0.2, -0.15) is 0 Å². The summed E-state index contributed by atoms with van der Waals surface area (Å²) in [6, 6.07) is 10.1. The molecule has 0 aliphatic carbocycles. The Hall–Kier alpha value is -1.92. The number of nitrogens with one attached hydrogen (secondary N) is 1. The van der Waals surface area contributed by atoms with Gasteiger partial charge in [-0.05, 0) is 56.0 Å². The van der Waals surface area contributed by atoms with Crippen LogP contribution in [0, 0.1) is 13.8 Å². The van der Waals surface area contributed by atoms with Crippen LogP contribution in [0.1, 0.15) is 24.0 Å². The summed E-state index contributed by atoms with van der Waals surface area (Å²) in [6.07, 6.45) is 2.28. The predicted octanol–water partition coefficient (Wildman–Crippen LogP) is 3.15. The van der Waals surface area contributed by atoms with Crippen molar-refractivity contribution in [1.29, 1.82) is 0 Å². The van der Waals surface area contributed by atoms with E-state index >= 15 is 0 Å². The van der Waals surface area contributed by atoms with Gasteiger partial charge in [0.15, 0.2) is 0 Å². The van der Waals surface area contributed by atoms with Gasteiger partial charge in [-0.25, -0.2) is 0 Å². The lowest BCUT2D eigenvalue weighted by atomic mass is 10.0. The Bertz CT molecular complexity index is 728. The van der Waals surface area contributed by atoms with Gasteiger partial charge in [0.1, 0.15) is 5.03 Å². The maximum atomic E-state index is 11.9. The first kappa shape index (κ1) is 17.9. The highest BCUT2D eigenvalue weighted by Crippen LogP contribution is 2.22. The third-order valence-electron chi connectivity index (χ3n) is 4.34. The van der Waals surface area contributed by atoms with E-state index in [1.165, 1.54) is 22.9 Å². The molecule has 1 aromatic heterocycles. The summed E-state index contributed by atoms with van der Waals surface area (Å²) in [7, 11) is 0. The molecule has 2 heterocycles. The van der Waals surface area contributed by atoms with Gasteiger partial charge < -0.3 is 10.1 Å². The maximum Gasteiger partial charge on any atom is 0.230 e. The molecule has 1 atom stereocenters. The van der Waals surface area contributed by atoms with Gasteiger partial charge in [-0.15, -0.1) is 10.2 Å². The van der Waals surface area contributed by atoms with E-state index < -0.39 is 0 Å². The van der Waals surface area contributed by atoms with Crippen molar-refractivity contribution in [1.82, 2.24) is 15.5 Å². The molecular formula is C19H23N3O2S. The Kier molecular flexibility index (Phi) is 6.04. The van der Waals surface area contributed by atoms with Crippen LogP contribution in [0.3, 0.4) is 0 Å². The standard InChI is InChI=1S/C19H23N3O2S/c1-13-5-6-15(10-14(13)2)17-7-8-19(22-21-17)25-12-18(23)20-11-16-4-3-9-24-16/h5-8,10,16H,3-4,9,11-12H2,1-2H3,(H,20,23). The molecule has 25 heavy (non-hydrogen) atoms. The lowest BCUT2D eigenvalue weighted by molar-refractivity contribution is -0.119. The van der Waals surface area contributed by atoms with E-state index in [0.717, 1.165) is 35.7 Å². The Morgan fingerprint density at radius 3 is 2.80 bits per heavy atom. The summed E-state index contributed by atoms with van der Waals surface area (Å²) < 4.78 is 5.49. The maximum absolute atomic E-state index is 11.9. The van der Waals surface area contributed by atoms with Crippen molar-refractivity contribution >= 4 is 17.7 Å². The molecule has 0 bridgehead atoms. The number of aryl methyl sites for hydroxylation is 2. The van der Waals surface area contributed by atoms with Gasteiger partial charge in [-0.3, -0.25) is 4.79 Å². The van der Waals surface area contributed by atoms with Crippen LogP contribution in [0.25, 0.3) is 11.3 Å². The van der Waals surface area contributed by atoms with Crippen LogP contribution in [0.5, 0.6) is 0 Å². The van der Waals surface area contributed by atoms with Crippen molar-refractivity contribution in [2.75, 3.05) is 18.9 Å². The first-order valence-corrected chi connectivity index (χ1v) is 9.53. The molecule has 1 aliphatic rings. The number of benzene rings is 1. The number of carbonyl (C=O) groups is 1. The molecule has 1 unspecified atom stereocenters. The van der Waals surface area contributed by atoms with E-state index in [2.05, 4.69) is 47.6 Å². The van der Waals surface area contributed by atoms with Crippen LogP contribution in [0.15, 0.2) is 35.4 Å². The molecule has 5 nitrogen and oxygen atoms in total. The summed E-state index contributed by atoms with van der Waals surface area (Å²) >= 11 is 1.39. The fourth-order valence-electron chi connectivity index (χ4n) is 2.68. The second kappa shape index (κ2) is 8.45. The molecule has 1 fully saturated rings. The average molecular weight is 357 g/mol. The largest absolute Gasteiger partial charge is 0.376 e. The number of thioether (sulfide) groups is 1. The molecule has 6 heteroatoms. The number of rotatable bonds is 6. The lowest BCUT2D eigenvalue weighted by Crippen LogP contribution is -2.32. The van der Waals surface area contributed by atoms with Crippen LogP contribution in [0.4, 0.5) is 0 Å². The van der Waals surface area contributed by atoms with Crippen molar-refractivity contribution in [3.05, 3.63) is 41.5 Å². The molecule has 1 N–H and O–H groups in total. The lowest BCUT2D eigenvalue weighted by Gasteiger charge is -2.10. The molecule has 2 aromatic rings. The van der Waals surface area contributed by atoms with Gasteiger partial charge in [0, 0.05) is 18.7 Å². The summed E-state index contributed by atoms with van der Waals surface area (Å²) in [5.74, 6) is 0.338. The monoisotopic (exact) mass is 357 g/mol. The second-order valence-corrected chi connectivity index (χ2v) is 7.28. The zero-order valence-corrected chi connectivity index (χ0v) is 15.4. The smallest absolute Gasteiger partial charge is 0.230 e. The van der Waals surface area contributed by atoms with E-state index in [9.17, 15) is 4.79 Å². The molecule has 0 saturated carbocycles. The van der Waals surface area contributed by atoms with Crippen LogP contribution in [0.2, 0.25) is 0 Å². The van der Waals surface area contributed by atoms with E-state index in [0.29, 0.717) is 12.3 Å². The van der Waals surface area contributed by atoms with E-state index in [1.807, 2.05) is 12.1 Å². The van der Waals surface area contributed by atoms with Gasteiger partial charge in [0.25, 0.3) is 0 Å². The predicted molar refractivity (Wildman–Crippen MR) is 99.6 cm³/mol. The Morgan fingerprint density at radius 2 is 2.12 bits per heavy atom. The molecular weight excluding hydrogens is 334 g/mol. The van der Waals surface area contributed by atoms with Crippen molar-refractivity contribution in [2.45, 2.75) is 37.8 Å². The van der Waals surface area contributed by atoms with Crippen LogP contribution < -0.4 is 5.32 Å². The van der Waals surface area contributed by atoms with E-state index in [-0.39, 0.29) is 12.0 Å². The molecule has 1 amide bonds. The highest BCUT2D eigenvalue weighted by molar-refractivity contribution is 7.99. The molecule has 0 spiro atoms. The normalized spacial score (nSPS) is 16.8. The Balaban J connectivity index is 1.50. The molecule has 1 aromatic carbocycles.